The Morgan fingerprint density at radius 1 is 0.968 bits per heavy atom. The number of thioether (sulfide) groups is 1. The van der Waals surface area contributed by atoms with Gasteiger partial charge in [0.05, 0.1) is 25.2 Å². The third kappa shape index (κ3) is 6.50. The predicted octanol–water partition coefficient (Wildman–Crippen LogP) is 3.72. The molecule has 0 aromatic heterocycles. The van der Waals surface area contributed by atoms with Crippen LogP contribution in [0.3, 0.4) is 0 Å². The van der Waals surface area contributed by atoms with Gasteiger partial charge in [-0.05, 0) is 72.6 Å². The number of benzene rings is 2. The molecule has 0 fully saturated rings. The molecule has 8 heteroatoms. The van der Waals surface area contributed by atoms with E-state index >= 15 is 0 Å². The summed E-state index contributed by atoms with van der Waals surface area (Å²) in [7, 11) is 1.57. The van der Waals surface area contributed by atoms with Gasteiger partial charge in [-0.1, -0.05) is 12.1 Å². The van der Waals surface area contributed by atoms with Gasteiger partial charge in [-0.25, -0.2) is 0 Å². The number of rotatable bonds is 10. The van der Waals surface area contributed by atoms with E-state index in [0.717, 1.165) is 23.1 Å². The van der Waals surface area contributed by atoms with E-state index in [2.05, 4.69) is 18.8 Å². The number of amides is 1. The standard InChI is InChI=1S/C23H26N2O5S/c1-15-4-6-18(12-16(15)2)29-10-8-28-9-11-30-19-7-5-17(13-20(19)27-3)14-21-22(26)25-23(24)31-21/h4-7,12-14H,8-11H2,1-3H3,(H2,24,25,26)/b21-14-. The smallest absolute Gasteiger partial charge is 0.286 e. The Morgan fingerprint density at radius 2 is 1.74 bits per heavy atom. The third-order valence-corrected chi connectivity index (χ3v) is 5.40. The van der Waals surface area contributed by atoms with Crippen molar-refractivity contribution < 1.29 is 23.7 Å². The normalized spacial score (nSPS) is 14.6. The van der Waals surface area contributed by atoms with Gasteiger partial charge in [0.1, 0.15) is 19.0 Å². The highest BCUT2D eigenvalue weighted by Gasteiger charge is 2.19. The summed E-state index contributed by atoms with van der Waals surface area (Å²) in [5.74, 6) is 1.67. The largest absolute Gasteiger partial charge is 0.493 e. The molecular weight excluding hydrogens is 416 g/mol. The molecule has 0 saturated heterocycles. The van der Waals surface area contributed by atoms with Gasteiger partial charge in [0, 0.05) is 0 Å². The number of hydrogen-bond acceptors (Lipinski definition) is 7. The van der Waals surface area contributed by atoms with Crippen LogP contribution >= 0.6 is 11.8 Å². The second kappa shape index (κ2) is 10.9. The van der Waals surface area contributed by atoms with Gasteiger partial charge in [0.2, 0.25) is 0 Å². The van der Waals surface area contributed by atoms with Crippen molar-refractivity contribution in [2.45, 2.75) is 13.8 Å². The maximum atomic E-state index is 11.7. The molecule has 1 amide bonds. The van der Waals surface area contributed by atoms with Gasteiger partial charge < -0.3 is 24.7 Å². The molecule has 0 unspecified atom stereocenters. The molecule has 164 valence electrons. The van der Waals surface area contributed by atoms with Crippen LogP contribution in [0.25, 0.3) is 6.08 Å². The van der Waals surface area contributed by atoms with E-state index in [4.69, 9.17) is 24.7 Å². The van der Waals surface area contributed by atoms with Gasteiger partial charge in [-0.2, -0.15) is 4.99 Å². The summed E-state index contributed by atoms with van der Waals surface area (Å²) in [6, 6.07) is 11.5. The molecule has 1 aliphatic heterocycles. The van der Waals surface area contributed by atoms with Crippen molar-refractivity contribution in [1.29, 1.82) is 0 Å². The molecule has 7 nitrogen and oxygen atoms in total. The number of amidine groups is 1. The lowest BCUT2D eigenvalue weighted by atomic mass is 10.1. The minimum atomic E-state index is -0.333. The number of ether oxygens (including phenoxy) is 4. The minimum absolute atomic E-state index is 0.252. The van der Waals surface area contributed by atoms with Crippen molar-refractivity contribution in [2.24, 2.45) is 10.7 Å². The second-order valence-electron chi connectivity index (χ2n) is 6.83. The van der Waals surface area contributed by atoms with E-state index in [1.54, 1.807) is 25.3 Å². The van der Waals surface area contributed by atoms with Crippen LogP contribution in [0, 0.1) is 13.8 Å². The first-order chi connectivity index (χ1) is 15.0. The van der Waals surface area contributed by atoms with Crippen molar-refractivity contribution in [1.82, 2.24) is 0 Å². The van der Waals surface area contributed by atoms with E-state index in [1.165, 1.54) is 11.1 Å². The van der Waals surface area contributed by atoms with E-state index in [1.807, 2.05) is 24.3 Å². The Bertz CT molecular complexity index is 1000. The van der Waals surface area contributed by atoms with Crippen LogP contribution in [-0.2, 0) is 9.53 Å². The molecule has 2 aromatic rings. The number of hydrogen-bond donors (Lipinski definition) is 1. The average Bonchev–Trinajstić information content (AvgIpc) is 3.07. The van der Waals surface area contributed by atoms with Crippen LogP contribution in [0.1, 0.15) is 16.7 Å². The van der Waals surface area contributed by atoms with Crippen LogP contribution in [0.2, 0.25) is 0 Å². The minimum Gasteiger partial charge on any atom is -0.493 e. The highest BCUT2D eigenvalue weighted by Crippen LogP contribution is 2.31. The summed E-state index contributed by atoms with van der Waals surface area (Å²) >= 11 is 1.15. The van der Waals surface area contributed by atoms with Crippen molar-refractivity contribution in [3.05, 3.63) is 58.0 Å². The van der Waals surface area contributed by atoms with Crippen LogP contribution in [0.4, 0.5) is 0 Å². The van der Waals surface area contributed by atoms with Crippen LogP contribution < -0.4 is 19.9 Å². The Labute approximate surface area is 186 Å². The number of carbonyl (C=O) groups excluding carboxylic acids is 1. The average molecular weight is 443 g/mol. The zero-order valence-corrected chi connectivity index (χ0v) is 18.7. The molecule has 0 spiro atoms. The number of carbonyl (C=O) groups is 1. The molecule has 0 atom stereocenters. The number of methoxy groups -OCH3 is 1. The topological polar surface area (TPSA) is 92.4 Å². The molecule has 0 saturated carbocycles. The Kier molecular flexibility index (Phi) is 7.97. The summed E-state index contributed by atoms with van der Waals surface area (Å²) in [6.45, 7) is 5.87. The van der Waals surface area contributed by atoms with Gasteiger partial charge in [-0.3, -0.25) is 4.79 Å². The molecule has 1 heterocycles. The van der Waals surface area contributed by atoms with Crippen LogP contribution in [-0.4, -0.2) is 44.6 Å². The fourth-order valence-electron chi connectivity index (χ4n) is 2.80. The summed E-state index contributed by atoms with van der Waals surface area (Å²) in [4.78, 5) is 15.9. The predicted molar refractivity (Wildman–Crippen MR) is 123 cm³/mol. The molecule has 2 N–H and O–H groups in total. The fraction of sp³-hybridized carbons (Fsp3) is 0.304. The van der Waals surface area contributed by atoms with Gasteiger partial charge in [0.25, 0.3) is 5.91 Å². The molecule has 0 aliphatic carbocycles. The van der Waals surface area contributed by atoms with Gasteiger partial charge in [0.15, 0.2) is 16.7 Å². The fourth-order valence-corrected chi connectivity index (χ4v) is 3.49. The summed E-state index contributed by atoms with van der Waals surface area (Å²) in [6.07, 6.45) is 1.72. The van der Waals surface area contributed by atoms with E-state index in [9.17, 15) is 4.79 Å². The lowest BCUT2D eigenvalue weighted by Crippen LogP contribution is -2.12. The Morgan fingerprint density at radius 3 is 2.42 bits per heavy atom. The number of nitrogens with zero attached hydrogens (tertiary/aromatic N) is 1. The highest BCUT2D eigenvalue weighted by molar-refractivity contribution is 8.18. The molecule has 3 rings (SSSR count). The second-order valence-corrected chi connectivity index (χ2v) is 7.89. The number of nitrogens with two attached hydrogens (primary N) is 1. The van der Waals surface area contributed by atoms with Crippen LogP contribution in [0.5, 0.6) is 17.2 Å². The summed E-state index contributed by atoms with van der Waals surface area (Å²) in [5.41, 5.74) is 8.82. The monoisotopic (exact) mass is 442 g/mol. The SMILES string of the molecule is COc1cc(/C=C2\SC(N)=NC2=O)ccc1OCCOCCOc1ccc(C)c(C)c1. The van der Waals surface area contributed by atoms with E-state index < -0.39 is 0 Å². The summed E-state index contributed by atoms with van der Waals surface area (Å²) < 4.78 is 22.4. The molecule has 0 radical (unpaired) electrons. The van der Waals surface area contributed by atoms with Crippen LogP contribution in [0.15, 0.2) is 46.3 Å². The molecule has 2 aromatic carbocycles. The Hall–Kier alpha value is -2.97. The third-order valence-electron chi connectivity index (χ3n) is 4.58. The first-order valence-corrected chi connectivity index (χ1v) is 10.6. The Balaban J connectivity index is 1.41. The van der Waals surface area contributed by atoms with Gasteiger partial charge in [-0.15, -0.1) is 0 Å². The maximum absolute atomic E-state index is 11.7. The molecule has 31 heavy (non-hydrogen) atoms. The van der Waals surface area contributed by atoms with Gasteiger partial charge >= 0.3 is 0 Å². The van der Waals surface area contributed by atoms with Crippen molar-refractivity contribution >= 4 is 28.9 Å². The molecular formula is C23H26N2O5S. The van der Waals surface area contributed by atoms with E-state index in [0.29, 0.717) is 42.8 Å². The molecule has 1 aliphatic rings. The zero-order chi connectivity index (χ0) is 22.2. The summed E-state index contributed by atoms with van der Waals surface area (Å²) in [5, 5.41) is 0.252. The van der Waals surface area contributed by atoms with E-state index in [-0.39, 0.29) is 11.1 Å². The maximum Gasteiger partial charge on any atom is 0.286 e. The number of aliphatic imine (C=N–C) groups is 1. The first kappa shape index (κ1) is 22.7. The lowest BCUT2D eigenvalue weighted by molar-refractivity contribution is -0.113. The van der Waals surface area contributed by atoms with Crippen molar-refractivity contribution in [2.75, 3.05) is 33.5 Å². The first-order valence-electron chi connectivity index (χ1n) is 9.83. The van der Waals surface area contributed by atoms with Crippen molar-refractivity contribution in [3.63, 3.8) is 0 Å². The molecule has 0 bridgehead atoms. The quantitative estimate of drug-likeness (QED) is 0.443. The highest BCUT2D eigenvalue weighted by atomic mass is 32.2. The lowest BCUT2D eigenvalue weighted by Gasteiger charge is -2.12. The van der Waals surface area contributed by atoms with Crippen molar-refractivity contribution in [3.8, 4) is 17.2 Å². The zero-order valence-electron chi connectivity index (χ0n) is 17.8. The number of aryl methyl sites for hydroxylation is 2.